The number of hydrogen-bond acceptors (Lipinski definition) is 2. The van der Waals surface area contributed by atoms with Crippen molar-refractivity contribution in [2.24, 2.45) is 5.92 Å². The molecule has 172 valence electrons. The van der Waals surface area contributed by atoms with Crippen LogP contribution in [0, 0.1) is 12.8 Å². The molecule has 0 saturated heterocycles. The molecular weight excluding hydrogens is 404 g/mol. The first-order chi connectivity index (χ1) is 16.0. The molecule has 4 aromatic rings. The van der Waals surface area contributed by atoms with Gasteiger partial charge in [-0.05, 0) is 73.1 Å². The van der Waals surface area contributed by atoms with Gasteiger partial charge in [0.1, 0.15) is 11.6 Å². The molecule has 0 N–H and O–H groups in total. The van der Waals surface area contributed by atoms with Crippen LogP contribution in [0.1, 0.15) is 62.0 Å². The van der Waals surface area contributed by atoms with E-state index in [1.54, 1.807) is 0 Å². The standard InChI is InChI=1S/C30H36N2O/c1-22(2)20-25-14-16-26(17-15-25)24(4)30-31-28-12-5-6-13-29(28)32(30)18-7-8-19-33-27-11-9-10-23(3)21-27/h5-6,9-17,21-22,24H,7-8,18-20H2,1-4H3. The van der Waals surface area contributed by atoms with Gasteiger partial charge in [-0.25, -0.2) is 4.98 Å². The molecule has 3 heteroatoms. The maximum absolute atomic E-state index is 5.95. The van der Waals surface area contributed by atoms with Gasteiger partial charge in [-0.3, -0.25) is 0 Å². The van der Waals surface area contributed by atoms with Crippen molar-refractivity contribution in [1.29, 1.82) is 0 Å². The molecule has 1 aromatic heterocycles. The first-order valence-corrected chi connectivity index (χ1v) is 12.2. The van der Waals surface area contributed by atoms with Crippen molar-refractivity contribution in [1.82, 2.24) is 9.55 Å². The van der Waals surface area contributed by atoms with Crippen molar-refractivity contribution in [3.63, 3.8) is 0 Å². The Bertz CT molecular complexity index is 1170. The number of hydrogen-bond donors (Lipinski definition) is 0. The third-order valence-electron chi connectivity index (χ3n) is 6.23. The Hall–Kier alpha value is -3.07. The van der Waals surface area contributed by atoms with Gasteiger partial charge in [0.2, 0.25) is 0 Å². The Balaban J connectivity index is 1.46. The number of imidazole rings is 1. The van der Waals surface area contributed by atoms with Gasteiger partial charge in [0.25, 0.3) is 0 Å². The molecule has 1 atom stereocenters. The van der Waals surface area contributed by atoms with Gasteiger partial charge in [-0.15, -0.1) is 0 Å². The lowest BCUT2D eigenvalue weighted by Gasteiger charge is -2.16. The summed E-state index contributed by atoms with van der Waals surface area (Å²) in [5.74, 6) is 3.02. The summed E-state index contributed by atoms with van der Waals surface area (Å²) < 4.78 is 8.37. The predicted molar refractivity (Wildman–Crippen MR) is 138 cm³/mol. The van der Waals surface area contributed by atoms with Crippen LogP contribution in [0.5, 0.6) is 5.75 Å². The summed E-state index contributed by atoms with van der Waals surface area (Å²) in [5.41, 5.74) is 6.25. The summed E-state index contributed by atoms with van der Waals surface area (Å²) in [6.07, 6.45) is 3.19. The maximum Gasteiger partial charge on any atom is 0.119 e. The van der Waals surface area contributed by atoms with E-state index in [0.717, 1.165) is 49.5 Å². The largest absolute Gasteiger partial charge is 0.494 e. The van der Waals surface area contributed by atoms with E-state index < -0.39 is 0 Å². The Morgan fingerprint density at radius 3 is 2.42 bits per heavy atom. The highest BCUT2D eigenvalue weighted by Crippen LogP contribution is 2.28. The van der Waals surface area contributed by atoms with Crippen LogP contribution in [0.2, 0.25) is 0 Å². The SMILES string of the molecule is Cc1cccc(OCCCCn2c(C(C)c3ccc(CC(C)C)cc3)nc3ccccc32)c1. The van der Waals surface area contributed by atoms with E-state index in [1.165, 1.54) is 22.2 Å². The fourth-order valence-electron chi connectivity index (χ4n) is 4.49. The third kappa shape index (κ3) is 5.84. The summed E-state index contributed by atoms with van der Waals surface area (Å²) in [6, 6.07) is 25.9. The van der Waals surface area contributed by atoms with Crippen LogP contribution >= 0.6 is 0 Å². The average Bonchev–Trinajstić information content (AvgIpc) is 3.17. The monoisotopic (exact) mass is 440 g/mol. The Morgan fingerprint density at radius 2 is 1.67 bits per heavy atom. The lowest BCUT2D eigenvalue weighted by molar-refractivity contribution is 0.303. The second-order valence-electron chi connectivity index (χ2n) is 9.54. The topological polar surface area (TPSA) is 27.1 Å². The van der Waals surface area contributed by atoms with Crippen LogP contribution in [0.4, 0.5) is 0 Å². The summed E-state index contributed by atoms with van der Waals surface area (Å²) in [7, 11) is 0. The molecule has 1 unspecified atom stereocenters. The fraction of sp³-hybridized carbons (Fsp3) is 0.367. The molecular formula is C30H36N2O. The van der Waals surface area contributed by atoms with Gasteiger partial charge in [0.15, 0.2) is 0 Å². The molecule has 0 radical (unpaired) electrons. The number of fused-ring (bicyclic) bond motifs is 1. The Morgan fingerprint density at radius 1 is 0.879 bits per heavy atom. The van der Waals surface area contributed by atoms with E-state index >= 15 is 0 Å². The molecule has 0 amide bonds. The van der Waals surface area contributed by atoms with Crippen LogP contribution < -0.4 is 4.74 Å². The van der Waals surface area contributed by atoms with Crippen LogP contribution in [0.25, 0.3) is 11.0 Å². The highest BCUT2D eigenvalue weighted by Gasteiger charge is 2.18. The number of aromatic nitrogens is 2. The second-order valence-corrected chi connectivity index (χ2v) is 9.54. The van der Waals surface area contributed by atoms with Crippen LogP contribution in [0.15, 0.2) is 72.8 Å². The zero-order valence-electron chi connectivity index (χ0n) is 20.4. The van der Waals surface area contributed by atoms with Gasteiger partial charge >= 0.3 is 0 Å². The predicted octanol–water partition coefficient (Wildman–Crippen LogP) is 7.55. The number of aryl methyl sites for hydroxylation is 2. The van der Waals surface area contributed by atoms with E-state index in [-0.39, 0.29) is 5.92 Å². The quantitative estimate of drug-likeness (QED) is 0.238. The first-order valence-electron chi connectivity index (χ1n) is 12.2. The summed E-state index contributed by atoms with van der Waals surface area (Å²) >= 11 is 0. The number of nitrogens with zero attached hydrogens (tertiary/aromatic N) is 2. The normalized spacial score (nSPS) is 12.4. The van der Waals surface area contributed by atoms with Crippen molar-refractivity contribution in [2.75, 3.05) is 6.61 Å². The van der Waals surface area contributed by atoms with E-state index in [2.05, 4.69) is 92.9 Å². The van der Waals surface area contributed by atoms with Gasteiger partial charge in [0, 0.05) is 12.5 Å². The Labute approximate surface area is 198 Å². The molecule has 0 fully saturated rings. The van der Waals surface area contributed by atoms with Crippen molar-refractivity contribution in [3.8, 4) is 5.75 Å². The smallest absolute Gasteiger partial charge is 0.119 e. The zero-order valence-corrected chi connectivity index (χ0v) is 20.4. The number of benzene rings is 3. The van der Waals surface area contributed by atoms with E-state index in [0.29, 0.717) is 5.92 Å². The van der Waals surface area contributed by atoms with Crippen LogP contribution in [-0.4, -0.2) is 16.2 Å². The zero-order chi connectivity index (χ0) is 23.2. The molecule has 4 rings (SSSR count). The molecule has 0 saturated carbocycles. The number of rotatable bonds is 10. The van der Waals surface area contributed by atoms with Crippen molar-refractivity contribution >= 4 is 11.0 Å². The van der Waals surface area contributed by atoms with Crippen molar-refractivity contribution in [2.45, 2.75) is 59.4 Å². The lowest BCUT2D eigenvalue weighted by Crippen LogP contribution is -2.10. The van der Waals surface area contributed by atoms with Crippen molar-refractivity contribution < 1.29 is 4.74 Å². The molecule has 0 aliphatic heterocycles. The van der Waals surface area contributed by atoms with Gasteiger partial charge < -0.3 is 9.30 Å². The van der Waals surface area contributed by atoms with Gasteiger partial charge in [0.05, 0.1) is 17.6 Å². The fourth-order valence-corrected chi connectivity index (χ4v) is 4.49. The first kappa shape index (κ1) is 23.1. The van der Waals surface area contributed by atoms with Crippen molar-refractivity contribution in [3.05, 3.63) is 95.3 Å². The summed E-state index contributed by atoms with van der Waals surface area (Å²) in [5, 5.41) is 0. The molecule has 1 heterocycles. The number of ether oxygens (including phenoxy) is 1. The number of para-hydroxylation sites is 2. The summed E-state index contributed by atoms with van der Waals surface area (Å²) in [4.78, 5) is 5.05. The van der Waals surface area contributed by atoms with Crippen LogP contribution in [0.3, 0.4) is 0 Å². The minimum atomic E-state index is 0.244. The Kier molecular flexibility index (Phi) is 7.49. The minimum absolute atomic E-state index is 0.244. The van der Waals surface area contributed by atoms with Gasteiger partial charge in [-0.1, -0.05) is 69.3 Å². The average molecular weight is 441 g/mol. The molecule has 3 nitrogen and oxygen atoms in total. The molecule has 33 heavy (non-hydrogen) atoms. The minimum Gasteiger partial charge on any atom is -0.494 e. The van der Waals surface area contributed by atoms with E-state index in [9.17, 15) is 0 Å². The van der Waals surface area contributed by atoms with Gasteiger partial charge in [-0.2, -0.15) is 0 Å². The third-order valence-corrected chi connectivity index (χ3v) is 6.23. The number of unbranched alkanes of at least 4 members (excludes halogenated alkanes) is 1. The maximum atomic E-state index is 5.95. The molecule has 0 spiro atoms. The highest BCUT2D eigenvalue weighted by molar-refractivity contribution is 5.76. The van der Waals surface area contributed by atoms with E-state index in [1.807, 2.05) is 12.1 Å². The summed E-state index contributed by atoms with van der Waals surface area (Å²) in [6.45, 7) is 10.6. The van der Waals surface area contributed by atoms with Crippen LogP contribution in [-0.2, 0) is 13.0 Å². The molecule has 0 bridgehead atoms. The molecule has 0 aliphatic rings. The molecule has 0 aliphatic carbocycles. The van der Waals surface area contributed by atoms with E-state index in [4.69, 9.17) is 9.72 Å². The molecule has 3 aromatic carbocycles. The highest BCUT2D eigenvalue weighted by atomic mass is 16.5. The lowest BCUT2D eigenvalue weighted by atomic mass is 9.96. The second kappa shape index (κ2) is 10.7.